The molecular formula is C11H12NO2+. The number of carbonyl (C=O) groups is 1. The topological polar surface area (TPSA) is 30.7 Å². The Balaban J connectivity index is 2.68. The van der Waals surface area contributed by atoms with E-state index in [1.807, 2.05) is 30.3 Å². The van der Waals surface area contributed by atoms with Gasteiger partial charge in [-0.15, -0.1) is 0 Å². The predicted octanol–water partition coefficient (Wildman–Crippen LogP) is 1.73. The number of benzene rings is 1. The van der Waals surface area contributed by atoms with Crippen LogP contribution in [0.15, 0.2) is 30.3 Å². The molecule has 0 heterocycles. The van der Waals surface area contributed by atoms with Crippen LogP contribution in [0.1, 0.15) is 5.56 Å². The van der Waals surface area contributed by atoms with Gasteiger partial charge in [-0.1, -0.05) is 35.2 Å². The quantitative estimate of drug-likeness (QED) is 0.679. The molecule has 0 amide bonds. The maximum Gasteiger partial charge on any atom is 0.395 e. The third-order valence-electron chi connectivity index (χ3n) is 1.93. The fourth-order valence-electron chi connectivity index (χ4n) is 1.17. The molecule has 0 saturated carbocycles. The Morgan fingerprint density at radius 3 is 2.64 bits per heavy atom. The molecule has 0 radical (unpaired) electrons. The van der Waals surface area contributed by atoms with Gasteiger partial charge in [-0.3, -0.25) is 0 Å². The zero-order chi connectivity index (χ0) is 10.4. The number of rotatable bonds is 3. The van der Waals surface area contributed by atoms with Crippen LogP contribution in [0.5, 0.6) is 0 Å². The second-order valence-corrected chi connectivity index (χ2v) is 2.88. The number of methoxy groups -OCH3 is 1. The van der Waals surface area contributed by atoms with Crippen LogP contribution < -0.4 is 0 Å². The van der Waals surface area contributed by atoms with E-state index in [0.717, 1.165) is 5.56 Å². The molecule has 1 rings (SSSR count). The summed E-state index contributed by atoms with van der Waals surface area (Å²) in [6.07, 6.45) is 0.476. The van der Waals surface area contributed by atoms with Gasteiger partial charge >= 0.3 is 12.0 Å². The summed E-state index contributed by atoms with van der Waals surface area (Å²) in [7, 11) is 1.32. The van der Waals surface area contributed by atoms with Gasteiger partial charge in [-0.2, -0.15) is 0 Å². The lowest BCUT2D eigenvalue weighted by Gasteiger charge is -2.00. The molecule has 0 unspecified atom stereocenters. The summed E-state index contributed by atoms with van der Waals surface area (Å²) in [5.74, 6) is -0.406. The molecule has 14 heavy (non-hydrogen) atoms. The zero-order valence-corrected chi connectivity index (χ0v) is 8.01. The van der Waals surface area contributed by atoms with Crippen molar-refractivity contribution in [2.45, 2.75) is 12.5 Å². The van der Waals surface area contributed by atoms with Gasteiger partial charge < -0.3 is 4.74 Å². The number of ether oxygens (including phenoxy) is 1. The fourth-order valence-corrected chi connectivity index (χ4v) is 1.17. The normalized spacial score (nSPS) is 11.4. The molecule has 0 bridgehead atoms. The van der Waals surface area contributed by atoms with Crippen LogP contribution in [0, 0.1) is 6.57 Å². The number of hydrogen-bond acceptors (Lipinski definition) is 2. The van der Waals surface area contributed by atoms with Crippen molar-refractivity contribution >= 4 is 5.97 Å². The predicted molar refractivity (Wildman–Crippen MR) is 54.3 cm³/mol. The van der Waals surface area contributed by atoms with Crippen LogP contribution in [-0.2, 0) is 16.0 Å². The van der Waals surface area contributed by atoms with Crippen molar-refractivity contribution < 1.29 is 9.53 Å². The van der Waals surface area contributed by atoms with Gasteiger partial charge in [0.05, 0.1) is 13.5 Å². The summed E-state index contributed by atoms with van der Waals surface area (Å²) in [5.41, 5.74) is 1.01. The molecule has 0 aliphatic carbocycles. The molecule has 0 aliphatic rings. The van der Waals surface area contributed by atoms with Crippen molar-refractivity contribution in [2.75, 3.05) is 7.11 Å². The minimum absolute atomic E-state index is 0.406. The van der Waals surface area contributed by atoms with E-state index in [-0.39, 0.29) is 0 Å². The molecule has 1 atom stereocenters. The van der Waals surface area contributed by atoms with E-state index in [0.29, 0.717) is 6.42 Å². The third kappa shape index (κ3) is 2.60. The standard InChI is InChI=1S/C11H12NO2/c1-12-10(11(13)14-2)8-9-6-4-3-5-7-9/h1,3-7,10H,8H2,2H3/q+1/t10-/m0/s1. The monoisotopic (exact) mass is 190 g/mol. The maximum absolute atomic E-state index is 11.2. The van der Waals surface area contributed by atoms with Gasteiger partial charge in [-0.25, -0.2) is 4.79 Å². The first-order chi connectivity index (χ1) is 6.77. The van der Waals surface area contributed by atoms with Gasteiger partial charge in [0.25, 0.3) is 6.57 Å². The van der Waals surface area contributed by atoms with Gasteiger partial charge in [0.1, 0.15) is 0 Å². The summed E-state index contributed by atoms with van der Waals surface area (Å²) in [6, 6.07) is 8.95. The molecular weight excluding hydrogens is 178 g/mol. The molecule has 0 saturated heterocycles. The van der Waals surface area contributed by atoms with Crippen molar-refractivity contribution in [1.82, 2.24) is 0 Å². The number of nitrogens with zero attached hydrogens (tertiary/aromatic N) is 1. The first-order valence-corrected chi connectivity index (χ1v) is 4.29. The van der Waals surface area contributed by atoms with Crippen molar-refractivity contribution in [3.05, 3.63) is 40.7 Å². The van der Waals surface area contributed by atoms with Crippen LogP contribution in [0.3, 0.4) is 0 Å². The maximum atomic E-state index is 11.2. The molecule has 0 N–H and O–H groups in total. The van der Waals surface area contributed by atoms with E-state index in [1.54, 1.807) is 0 Å². The highest BCUT2D eigenvalue weighted by molar-refractivity contribution is 5.78. The average molecular weight is 190 g/mol. The smallest absolute Gasteiger partial charge is 0.395 e. The Morgan fingerprint density at radius 2 is 2.14 bits per heavy atom. The molecule has 1 aromatic carbocycles. The number of hydrogen-bond donors (Lipinski definition) is 0. The fraction of sp³-hybridized carbons (Fsp3) is 0.273. The highest BCUT2D eigenvalue weighted by atomic mass is 16.5. The van der Waals surface area contributed by atoms with E-state index in [9.17, 15) is 4.79 Å². The SMILES string of the molecule is C#[N+][C@@H](Cc1ccccc1)C(=O)OC. The summed E-state index contributed by atoms with van der Waals surface area (Å²) >= 11 is 0. The zero-order valence-electron chi connectivity index (χ0n) is 8.01. The van der Waals surface area contributed by atoms with E-state index in [2.05, 4.69) is 9.58 Å². The first kappa shape index (κ1) is 10.3. The van der Waals surface area contributed by atoms with Crippen molar-refractivity contribution in [3.8, 4) is 6.57 Å². The Labute approximate surface area is 83.1 Å². The minimum Gasteiger partial charge on any atom is -0.463 e. The third-order valence-corrected chi connectivity index (χ3v) is 1.93. The largest absolute Gasteiger partial charge is 0.463 e. The van der Waals surface area contributed by atoms with E-state index in [4.69, 9.17) is 6.57 Å². The molecule has 0 spiro atoms. The lowest BCUT2D eigenvalue weighted by molar-refractivity contribution is -0.141. The molecule has 1 aromatic rings. The Kier molecular flexibility index (Phi) is 3.69. The minimum atomic E-state index is -0.609. The highest BCUT2D eigenvalue weighted by Crippen LogP contribution is 2.06. The van der Waals surface area contributed by atoms with E-state index in [1.165, 1.54) is 7.11 Å². The first-order valence-electron chi connectivity index (χ1n) is 4.29. The number of carbonyl (C=O) groups excluding carboxylic acids is 1. The second-order valence-electron chi connectivity index (χ2n) is 2.88. The summed E-state index contributed by atoms with van der Waals surface area (Å²) in [4.78, 5) is 14.6. The molecule has 3 heteroatoms. The summed E-state index contributed by atoms with van der Waals surface area (Å²) in [5, 5.41) is 0. The Morgan fingerprint density at radius 1 is 1.50 bits per heavy atom. The van der Waals surface area contributed by atoms with Crippen LogP contribution in [0.25, 0.3) is 4.85 Å². The van der Waals surface area contributed by atoms with Crippen LogP contribution in [0.2, 0.25) is 0 Å². The summed E-state index contributed by atoms with van der Waals surface area (Å²) < 4.78 is 4.56. The van der Waals surface area contributed by atoms with Crippen LogP contribution >= 0.6 is 0 Å². The molecule has 0 aromatic heterocycles. The summed E-state index contributed by atoms with van der Waals surface area (Å²) in [6.45, 7) is 5.12. The Hall–Kier alpha value is -1.82. The van der Waals surface area contributed by atoms with Crippen molar-refractivity contribution in [1.29, 1.82) is 0 Å². The van der Waals surface area contributed by atoms with Gasteiger partial charge in [0, 0.05) is 0 Å². The Bertz CT molecular complexity index is 340. The van der Waals surface area contributed by atoms with E-state index < -0.39 is 12.0 Å². The average Bonchev–Trinajstić information content (AvgIpc) is 2.26. The van der Waals surface area contributed by atoms with Gasteiger partial charge in [0.15, 0.2) is 0 Å². The highest BCUT2D eigenvalue weighted by Gasteiger charge is 2.27. The molecule has 3 nitrogen and oxygen atoms in total. The lowest BCUT2D eigenvalue weighted by atomic mass is 10.1. The van der Waals surface area contributed by atoms with Crippen LogP contribution in [0.4, 0.5) is 0 Å². The van der Waals surface area contributed by atoms with Crippen molar-refractivity contribution in [3.63, 3.8) is 0 Å². The van der Waals surface area contributed by atoms with Gasteiger partial charge in [0.2, 0.25) is 0 Å². The molecule has 72 valence electrons. The van der Waals surface area contributed by atoms with Crippen molar-refractivity contribution in [2.24, 2.45) is 0 Å². The number of esters is 1. The molecule has 0 aliphatic heterocycles. The lowest BCUT2D eigenvalue weighted by Crippen LogP contribution is -2.20. The van der Waals surface area contributed by atoms with E-state index >= 15 is 0 Å². The second kappa shape index (κ2) is 5.03. The van der Waals surface area contributed by atoms with Crippen LogP contribution in [-0.4, -0.2) is 19.1 Å². The van der Waals surface area contributed by atoms with Gasteiger partial charge in [-0.05, 0) is 5.56 Å². The molecule has 0 fully saturated rings.